The van der Waals surface area contributed by atoms with Gasteiger partial charge in [-0.1, -0.05) is 41.4 Å². The minimum absolute atomic E-state index is 0.119. The van der Waals surface area contributed by atoms with E-state index in [2.05, 4.69) is 10.6 Å². The van der Waals surface area contributed by atoms with E-state index < -0.39 is 17.2 Å². The molecule has 0 aromatic heterocycles. The fraction of sp³-hybridized carbons (Fsp3) is 0.211. The first-order chi connectivity index (χ1) is 12.1. The van der Waals surface area contributed by atoms with Crippen LogP contribution in [0.2, 0.25) is 10.0 Å². The summed E-state index contributed by atoms with van der Waals surface area (Å²) in [6, 6.07) is 11.3. The van der Waals surface area contributed by atoms with Crippen molar-refractivity contribution in [3.63, 3.8) is 0 Å². The predicted octanol–water partition coefficient (Wildman–Crippen LogP) is 4.80. The van der Waals surface area contributed by atoms with Crippen molar-refractivity contribution >= 4 is 52.2 Å². The van der Waals surface area contributed by atoms with Crippen LogP contribution in [0.1, 0.15) is 31.1 Å². The van der Waals surface area contributed by atoms with Crippen LogP contribution in [0, 0.1) is 5.41 Å². The lowest BCUT2D eigenvalue weighted by molar-refractivity contribution is -0.135. The number of carbonyl (C=O) groups is 3. The van der Waals surface area contributed by atoms with Gasteiger partial charge in [-0.15, -0.1) is 0 Å². The Kier molecular flexibility index (Phi) is 6.05. The van der Waals surface area contributed by atoms with Crippen LogP contribution in [0.25, 0.3) is 0 Å². The van der Waals surface area contributed by atoms with Gasteiger partial charge in [0, 0.05) is 11.3 Å². The van der Waals surface area contributed by atoms with E-state index in [1.165, 1.54) is 20.8 Å². The summed E-state index contributed by atoms with van der Waals surface area (Å²) in [4.78, 5) is 36.6. The van der Waals surface area contributed by atoms with Gasteiger partial charge in [0.25, 0.3) is 0 Å². The number of rotatable bonds is 5. The van der Waals surface area contributed by atoms with Gasteiger partial charge in [0.05, 0.1) is 15.7 Å². The van der Waals surface area contributed by atoms with Crippen LogP contribution < -0.4 is 10.6 Å². The summed E-state index contributed by atoms with van der Waals surface area (Å²) in [5.74, 6) is -1.21. The van der Waals surface area contributed by atoms with E-state index in [1.807, 2.05) is 0 Å². The van der Waals surface area contributed by atoms with Crippen LogP contribution in [0.5, 0.6) is 0 Å². The largest absolute Gasteiger partial charge is 0.325 e. The molecule has 2 aromatic rings. The summed E-state index contributed by atoms with van der Waals surface area (Å²) in [6.45, 7) is 4.40. The zero-order valence-corrected chi connectivity index (χ0v) is 16.0. The number of halogens is 2. The Morgan fingerprint density at radius 2 is 1.42 bits per heavy atom. The molecular formula is C19H18Cl2N2O3. The van der Waals surface area contributed by atoms with Gasteiger partial charge >= 0.3 is 0 Å². The molecule has 0 aliphatic carbocycles. The second-order valence-corrected chi connectivity index (χ2v) is 7.08. The second-order valence-electron chi connectivity index (χ2n) is 6.27. The third-order valence-electron chi connectivity index (χ3n) is 3.86. The Labute approximate surface area is 161 Å². The van der Waals surface area contributed by atoms with Crippen molar-refractivity contribution in [2.24, 2.45) is 5.41 Å². The van der Waals surface area contributed by atoms with Crippen molar-refractivity contribution in [3.05, 3.63) is 58.1 Å². The first-order valence-electron chi connectivity index (χ1n) is 7.81. The van der Waals surface area contributed by atoms with Crippen LogP contribution in [0.15, 0.2) is 42.5 Å². The molecule has 0 radical (unpaired) electrons. The van der Waals surface area contributed by atoms with Crippen LogP contribution >= 0.6 is 23.2 Å². The van der Waals surface area contributed by atoms with Gasteiger partial charge in [-0.3, -0.25) is 14.4 Å². The lowest BCUT2D eigenvalue weighted by atomic mass is 9.90. The highest BCUT2D eigenvalue weighted by atomic mass is 35.5. The highest BCUT2D eigenvalue weighted by molar-refractivity contribution is 6.40. The Hall–Kier alpha value is -2.37. The molecule has 0 aliphatic heterocycles. The van der Waals surface area contributed by atoms with Crippen LogP contribution in [0.3, 0.4) is 0 Å². The normalized spacial score (nSPS) is 11.0. The lowest BCUT2D eigenvalue weighted by Crippen LogP contribution is -2.41. The molecule has 26 heavy (non-hydrogen) atoms. The van der Waals surface area contributed by atoms with Crippen molar-refractivity contribution in [2.75, 3.05) is 10.6 Å². The van der Waals surface area contributed by atoms with Gasteiger partial charge in [-0.05, 0) is 45.0 Å². The molecule has 0 bridgehead atoms. The highest BCUT2D eigenvalue weighted by Gasteiger charge is 2.36. The number of Topliss-reactive ketones (excluding diaryl/α,β-unsaturated/α-hetero) is 1. The van der Waals surface area contributed by atoms with Crippen molar-refractivity contribution in [1.29, 1.82) is 0 Å². The maximum absolute atomic E-state index is 12.6. The molecule has 0 spiro atoms. The van der Waals surface area contributed by atoms with E-state index in [0.29, 0.717) is 11.3 Å². The lowest BCUT2D eigenvalue weighted by Gasteiger charge is -2.23. The Balaban J connectivity index is 2.18. The van der Waals surface area contributed by atoms with E-state index in [1.54, 1.807) is 42.5 Å². The van der Waals surface area contributed by atoms with Crippen LogP contribution in [-0.2, 0) is 9.59 Å². The highest BCUT2D eigenvalue weighted by Crippen LogP contribution is 2.31. The molecule has 136 valence electrons. The molecule has 0 aliphatic rings. The Morgan fingerprint density at radius 3 is 2.00 bits per heavy atom. The molecule has 2 rings (SSSR count). The summed E-state index contributed by atoms with van der Waals surface area (Å²) in [5, 5.41) is 5.80. The maximum Gasteiger partial charge on any atom is 0.239 e. The summed E-state index contributed by atoms with van der Waals surface area (Å²) in [7, 11) is 0. The Morgan fingerprint density at radius 1 is 0.885 bits per heavy atom. The van der Waals surface area contributed by atoms with Crippen LogP contribution in [0.4, 0.5) is 11.4 Å². The molecule has 0 fully saturated rings. The zero-order valence-electron chi connectivity index (χ0n) is 14.5. The molecule has 0 unspecified atom stereocenters. The van der Waals surface area contributed by atoms with Crippen molar-refractivity contribution in [1.82, 2.24) is 0 Å². The summed E-state index contributed by atoms with van der Waals surface area (Å²) in [5.41, 5.74) is -0.262. The molecule has 5 nitrogen and oxygen atoms in total. The van der Waals surface area contributed by atoms with Gasteiger partial charge in [-0.25, -0.2) is 0 Å². The minimum Gasteiger partial charge on any atom is -0.325 e. The topological polar surface area (TPSA) is 75.3 Å². The van der Waals surface area contributed by atoms with Gasteiger partial charge in [-0.2, -0.15) is 0 Å². The number of amides is 2. The first-order valence-corrected chi connectivity index (χ1v) is 8.56. The zero-order chi connectivity index (χ0) is 19.5. The number of benzene rings is 2. The van der Waals surface area contributed by atoms with Gasteiger partial charge < -0.3 is 10.6 Å². The van der Waals surface area contributed by atoms with Gasteiger partial charge in [0.15, 0.2) is 5.78 Å². The van der Waals surface area contributed by atoms with Gasteiger partial charge in [0.1, 0.15) is 5.41 Å². The molecule has 2 amide bonds. The van der Waals surface area contributed by atoms with Crippen molar-refractivity contribution in [2.45, 2.75) is 20.8 Å². The maximum atomic E-state index is 12.6. The molecular weight excluding hydrogens is 375 g/mol. The molecule has 2 aromatic carbocycles. The number of nitrogens with one attached hydrogen (secondary N) is 2. The molecule has 0 atom stereocenters. The predicted molar refractivity (Wildman–Crippen MR) is 104 cm³/mol. The van der Waals surface area contributed by atoms with E-state index >= 15 is 0 Å². The quantitative estimate of drug-likeness (QED) is 0.566. The van der Waals surface area contributed by atoms with Crippen molar-refractivity contribution < 1.29 is 14.4 Å². The van der Waals surface area contributed by atoms with Crippen LogP contribution in [-0.4, -0.2) is 17.6 Å². The fourth-order valence-corrected chi connectivity index (χ4v) is 2.59. The number of anilines is 2. The standard InChI is InChI=1S/C19H18Cl2N2O3/c1-11(24)12-6-4-7-13(10-12)22-17(25)19(2,3)18(26)23-16-14(20)8-5-9-15(16)21/h4-10H,1-3H3,(H,22,25)(H,23,26). The molecule has 2 N–H and O–H groups in total. The first kappa shape index (κ1) is 19.9. The third kappa shape index (κ3) is 4.42. The number of para-hydroxylation sites is 1. The minimum atomic E-state index is -1.41. The summed E-state index contributed by atoms with van der Waals surface area (Å²) >= 11 is 12.1. The van der Waals surface area contributed by atoms with Gasteiger partial charge in [0.2, 0.25) is 11.8 Å². The monoisotopic (exact) mass is 392 g/mol. The SMILES string of the molecule is CC(=O)c1cccc(NC(=O)C(C)(C)C(=O)Nc2c(Cl)cccc2Cl)c1. The average molecular weight is 393 g/mol. The Bertz CT molecular complexity index is 859. The number of hydrogen-bond acceptors (Lipinski definition) is 3. The van der Waals surface area contributed by atoms with E-state index in [9.17, 15) is 14.4 Å². The second kappa shape index (κ2) is 7.89. The summed E-state index contributed by atoms with van der Waals surface area (Å²) in [6.07, 6.45) is 0. The third-order valence-corrected chi connectivity index (χ3v) is 4.49. The smallest absolute Gasteiger partial charge is 0.239 e. The molecule has 0 saturated heterocycles. The van der Waals surface area contributed by atoms with E-state index in [0.717, 1.165) is 0 Å². The molecule has 0 saturated carbocycles. The van der Waals surface area contributed by atoms with Crippen molar-refractivity contribution in [3.8, 4) is 0 Å². The number of hydrogen-bond donors (Lipinski definition) is 2. The number of ketones is 1. The number of carbonyl (C=O) groups excluding carboxylic acids is 3. The summed E-state index contributed by atoms with van der Waals surface area (Å²) < 4.78 is 0. The average Bonchev–Trinajstić information content (AvgIpc) is 2.58. The molecule has 7 heteroatoms. The van der Waals surface area contributed by atoms with E-state index in [-0.39, 0.29) is 21.5 Å². The fourth-order valence-electron chi connectivity index (χ4n) is 2.09. The molecule has 0 heterocycles. The van der Waals surface area contributed by atoms with E-state index in [4.69, 9.17) is 23.2 Å².